The van der Waals surface area contributed by atoms with E-state index in [2.05, 4.69) is 21.3 Å². The molecule has 258 valence electrons. The van der Waals surface area contributed by atoms with Gasteiger partial charge in [-0.15, -0.1) is 0 Å². The zero-order chi connectivity index (χ0) is 33.1. The zero-order valence-electron chi connectivity index (χ0n) is 27.4. The lowest BCUT2D eigenvalue weighted by Crippen LogP contribution is -2.65. The Morgan fingerprint density at radius 2 is 1.50 bits per heavy atom. The van der Waals surface area contributed by atoms with E-state index in [0.29, 0.717) is 44.6 Å². The van der Waals surface area contributed by atoms with E-state index in [-0.39, 0.29) is 11.9 Å². The molecule has 5 aliphatic rings. The lowest BCUT2D eigenvalue weighted by atomic mass is 9.70. The minimum absolute atomic E-state index is 0.0291. The summed E-state index contributed by atoms with van der Waals surface area (Å²) in [5.74, 6) is -1.78. The number of ketones is 1. The Balaban J connectivity index is 1.31. The van der Waals surface area contributed by atoms with E-state index in [1.807, 2.05) is 6.92 Å². The number of likely N-dealkylation sites (tertiary alicyclic amines) is 1. The van der Waals surface area contributed by atoms with Gasteiger partial charge in [0.15, 0.2) is 11.1 Å². The smallest absolute Gasteiger partial charge is 0.315 e. The minimum Gasteiger partial charge on any atom is -0.347 e. The highest BCUT2D eigenvalue weighted by molar-refractivity contribution is 7.80. The molecule has 0 bridgehead atoms. The summed E-state index contributed by atoms with van der Waals surface area (Å²) < 4.78 is 22.1. The predicted molar refractivity (Wildman–Crippen MR) is 173 cm³/mol. The third-order valence-corrected chi connectivity index (χ3v) is 12.3. The Labute approximate surface area is 275 Å². The van der Waals surface area contributed by atoms with Gasteiger partial charge in [0, 0.05) is 12.6 Å². The molecule has 46 heavy (non-hydrogen) atoms. The van der Waals surface area contributed by atoms with Gasteiger partial charge in [0.25, 0.3) is 5.91 Å². The number of hydrogen-bond donors (Lipinski definition) is 5. The Kier molecular flexibility index (Phi) is 11.1. The number of nitrogens with one attached hydrogen (secondary N) is 4. The molecule has 12 nitrogen and oxygen atoms in total. The number of hydrogen-bond acceptors (Lipinski definition) is 6. The number of carbonyl (C=O) groups excluding carboxylic acids is 5. The number of carbonyl (C=O) groups is 5. The monoisotopic (exact) mass is 663 g/mol. The molecule has 0 aromatic rings. The molecule has 1 unspecified atom stereocenters. The topological polar surface area (TPSA) is 174 Å². The lowest BCUT2D eigenvalue weighted by Gasteiger charge is -2.44. The maximum absolute atomic E-state index is 14.4. The first-order valence-electron chi connectivity index (χ1n) is 17.6. The molecule has 5 amide bonds. The van der Waals surface area contributed by atoms with E-state index in [1.165, 1.54) is 0 Å². The Morgan fingerprint density at radius 1 is 0.870 bits per heavy atom. The number of Topliss-reactive ketones (excluding diaryl/α,β-unsaturated/α-hetero) is 1. The quantitative estimate of drug-likeness (QED) is 0.149. The summed E-state index contributed by atoms with van der Waals surface area (Å²) in [5, 5.41) is 10.9. The van der Waals surface area contributed by atoms with Gasteiger partial charge in [-0.25, -0.2) is 9.00 Å². The van der Waals surface area contributed by atoms with Crippen molar-refractivity contribution in [3.8, 4) is 0 Å². The van der Waals surface area contributed by atoms with E-state index in [9.17, 15) is 32.7 Å². The van der Waals surface area contributed by atoms with Crippen molar-refractivity contribution >= 4 is 40.6 Å². The second-order valence-corrected chi connectivity index (χ2v) is 16.2. The molecule has 13 heteroatoms. The van der Waals surface area contributed by atoms with Crippen LogP contribution in [0.4, 0.5) is 4.79 Å². The molecule has 0 aromatic heterocycles. The van der Waals surface area contributed by atoms with Gasteiger partial charge in [0.2, 0.25) is 17.6 Å². The maximum atomic E-state index is 14.4. The number of amides is 5. The molecule has 0 aromatic carbocycles. The fraction of sp³-hybridized carbons (Fsp3) is 0.848. The van der Waals surface area contributed by atoms with E-state index in [4.69, 9.17) is 0 Å². The first-order valence-corrected chi connectivity index (χ1v) is 18.7. The second kappa shape index (κ2) is 14.7. The van der Waals surface area contributed by atoms with Gasteiger partial charge < -0.3 is 30.7 Å². The van der Waals surface area contributed by atoms with Crippen LogP contribution in [0.25, 0.3) is 0 Å². The van der Waals surface area contributed by atoms with Crippen LogP contribution in [0.2, 0.25) is 0 Å². The number of nitrogens with zero attached hydrogens (tertiary/aromatic N) is 1. The molecule has 1 saturated heterocycles. The molecule has 0 spiro atoms. The van der Waals surface area contributed by atoms with Crippen LogP contribution in [-0.2, 0) is 30.3 Å². The largest absolute Gasteiger partial charge is 0.347 e. The van der Waals surface area contributed by atoms with Crippen molar-refractivity contribution in [2.24, 2.45) is 11.3 Å². The number of rotatable bonds is 13. The summed E-state index contributed by atoms with van der Waals surface area (Å²) in [6.45, 7) is 4.04. The number of urea groups is 1. The average molecular weight is 664 g/mol. The van der Waals surface area contributed by atoms with Gasteiger partial charge in [-0.1, -0.05) is 58.3 Å². The van der Waals surface area contributed by atoms with E-state index < -0.39 is 69.0 Å². The van der Waals surface area contributed by atoms with Crippen molar-refractivity contribution in [3.05, 3.63) is 0 Å². The average Bonchev–Trinajstić information content (AvgIpc) is 3.97. The van der Waals surface area contributed by atoms with Gasteiger partial charge in [-0.3, -0.25) is 19.2 Å². The highest BCUT2D eigenvalue weighted by atomic mass is 32.2. The van der Waals surface area contributed by atoms with Crippen molar-refractivity contribution < 1.29 is 32.7 Å². The first kappa shape index (κ1) is 34.8. The van der Waals surface area contributed by atoms with Crippen molar-refractivity contribution in [1.29, 1.82) is 0 Å². The molecule has 5 N–H and O–H groups in total. The van der Waals surface area contributed by atoms with Crippen LogP contribution in [0, 0.1) is 11.3 Å². The van der Waals surface area contributed by atoms with Crippen LogP contribution >= 0.6 is 0 Å². The summed E-state index contributed by atoms with van der Waals surface area (Å²) in [4.78, 5) is 69.1. The van der Waals surface area contributed by atoms with Gasteiger partial charge >= 0.3 is 6.03 Å². The molecule has 0 radical (unpaired) electrons. The molecule has 1 aliphatic heterocycles. The molecule has 5 fully saturated rings. The van der Waals surface area contributed by atoms with Crippen molar-refractivity contribution in [2.75, 3.05) is 6.54 Å². The summed E-state index contributed by atoms with van der Waals surface area (Å²) >= 11 is -2.13. The molecule has 4 saturated carbocycles. The standard InChI is InChI=1S/C33H53N5O7S/c1-21(46(44)45)33(17-7-4-8-18-33)37-31(43)36-27(32(2)15-5-3-6-16-32)30(42)38-19-9-10-25(38)28(40)35-24(20-22-11-12-22)26(39)29(41)34-23-13-14-23/h21-25,27H,3-20H2,1-2H3,(H,34,41)(H,35,40)(H,44,45)(H2,36,37,43)/t21-,24+,25+,27-/m1/s1. The Morgan fingerprint density at radius 3 is 2.09 bits per heavy atom. The third kappa shape index (κ3) is 8.29. The van der Waals surface area contributed by atoms with Crippen molar-refractivity contribution in [2.45, 2.75) is 158 Å². The maximum Gasteiger partial charge on any atom is 0.315 e. The molecule has 5 rings (SSSR count). The van der Waals surface area contributed by atoms with E-state index in [0.717, 1.165) is 77.0 Å². The van der Waals surface area contributed by atoms with Crippen LogP contribution < -0.4 is 21.3 Å². The van der Waals surface area contributed by atoms with Gasteiger partial charge in [-0.05, 0) is 76.0 Å². The van der Waals surface area contributed by atoms with Crippen LogP contribution in [0.1, 0.15) is 123 Å². The van der Waals surface area contributed by atoms with Gasteiger partial charge in [0.1, 0.15) is 12.1 Å². The Bertz CT molecular complexity index is 1190. The van der Waals surface area contributed by atoms with Crippen LogP contribution in [-0.4, -0.2) is 84.7 Å². The van der Waals surface area contributed by atoms with Crippen LogP contribution in [0.15, 0.2) is 0 Å². The van der Waals surface area contributed by atoms with Crippen LogP contribution in [0.3, 0.4) is 0 Å². The molecule has 4 aliphatic carbocycles. The zero-order valence-corrected chi connectivity index (χ0v) is 28.3. The van der Waals surface area contributed by atoms with Crippen molar-refractivity contribution in [3.63, 3.8) is 0 Å². The van der Waals surface area contributed by atoms with Gasteiger partial charge in [0.05, 0.1) is 16.8 Å². The van der Waals surface area contributed by atoms with E-state index in [1.54, 1.807) is 11.8 Å². The highest BCUT2D eigenvalue weighted by Gasteiger charge is 2.48. The molecular weight excluding hydrogens is 610 g/mol. The summed E-state index contributed by atoms with van der Waals surface area (Å²) in [6, 6.07) is -3.15. The summed E-state index contributed by atoms with van der Waals surface area (Å²) in [6.07, 6.45) is 13.2. The van der Waals surface area contributed by atoms with Crippen molar-refractivity contribution in [1.82, 2.24) is 26.2 Å². The second-order valence-electron chi connectivity index (χ2n) is 14.9. The van der Waals surface area contributed by atoms with E-state index >= 15 is 0 Å². The fourth-order valence-electron chi connectivity index (χ4n) is 7.88. The molecule has 5 atom stereocenters. The first-order chi connectivity index (χ1) is 21.9. The molecular formula is C33H53N5O7S. The van der Waals surface area contributed by atoms with Crippen LogP contribution in [0.5, 0.6) is 0 Å². The fourth-order valence-corrected chi connectivity index (χ4v) is 8.56. The summed E-state index contributed by atoms with van der Waals surface area (Å²) in [5.41, 5.74) is -1.39. The molecule has 1 heterocycles. The normalized spacial score (nSPS) is 26.6. The Hall–Kier alpha value is -2.54. The highest BCUT2D eigenvalue weighted by Crippen LogP contribution is 2.41. The third-order valence-electron chi connectivity index (χ3n) is 11.3. The minimum atomic E-state index is -2.13. The SMILES string of the molecule is C[C@@H](S(=O)O)C1(NC(=O)N[C@H](C(=O)N2CCC[C@H]2C(=O)N[C@@H](CC2CC2)C(=O)C(=O)NC2CC2)C2(C)CCCCC2)CCCCC1. The lowest BCUT2D eigenvalue weighted by molar-refractivity contribution is -0.144. The summed E-state index contributed by atoms with van der Waals surface area (Å²) in [7, 11) is 0. The predicted octanol–water partition coefficient (Wildman–Crippen LogP) is 3.06. The van der Waals surface area contributed by atoms with Gasteiger partial charge in [-0.2, -0.15) is 0 Å².